The topological polar surface area (TPSA) is 117 Å². The van der Waals surface area contributed by atoms with Crippen LogP contribution in [0.3, 0.4) is 0 Å². The second-order valence-corrected chi connectivity index (χ2v) is 10.8. The molecule has 0 saturated heterocycles. The monoisotopic (exact) mass is 553 g/mol. The number of benzene rings is 3. The molecule has 0 bridgehead atoms. The SMILES string of the molecule is COc1cc(Nc2nc3c(S(=O)(=O)c4ccc(C)c(C)c4)nnn3c3ccc(Cl)cc23)cc(OC)c1OC. The van der Waals surface area contributed by atoms with Crippen LogP contribution in [-0.4, -0.2) is 49.6 Å². The van der Waals surface area contributed by atoms with Crippen molar-refractivity contribution in [2.45, 2.75) is 23.8 Å². The summed E-state index contributed by atoms with van der Waals surface area (Å²) in [5, 5.41) is 12.2. The van der Waals surface area contributed by atoms with Crippen molar-refractivity contribution in [2.75, 3.05) is 26.6 Å². The molecule has 1 N–H and O–H groups in total. The number of aryl methyl sites for hydroxylation is 2. The molecule has 2 heterocycles. The minimum Gasteiger partial charge on any atom is -0.493 e. The second-order valence-electron chi connectivity index (χ2n) is 8.54. The molecule has 0 aliphatic rings. The molecule has 5 rings (SSSR count). The van der Waals surface area contributed by atoms with Gasteiger partial charge in [0.1, 0.15) is 5.82 Å². The van der Waals surface area contributed by atoms with Gasteiger partial charge in [-0.3, -0.25) is 0 Å². The highest BCUT2D eigenvalue weighted by atomic mass is 35.5. The van der Waals surface area contributed by atoms with Gasteiger partial charge in [0.05, 0.1) is 31.7 Å². The van der Waals surface area contributed by atoms with E-state index in [0.29, 0.717) is 44.7 Å². The van der Waals surface area contributed by atoms with E-state index in [1.807, 2.05) is 13.8 Å². The Labute approximate surface area is 224 Å². The largest absolute Gasteiger partial charge is 0.493 e. The van der Waals surface area contributed by atoms with E-state index in [2.05, 4.69) is 20.6 Å². The third-order valence-corrected chi connectivity index (χ3v) is 8.13. The molecule has 0 aliphatic carbocycles. The van der Waals surface area contributed by atoms with E-state index in [-0.39, 0.29) is 15.6 Å². The number of ether oxygens (including phenoxy) is 3. The molecule has 10 nitrogen and oxygen atoms in total. The maximum absolute atomic E-state index is 13.6. The minimum atomic E-state index is -4.03. The number of nitrogens with one attached hydrogen (secondary N) is 1. The number of hydrogen-bond acceptors (Lipinski definition) is 9. The quantitative estimate of drug-likeness (QED) is 0.292. The summed E-state index contributed by atoms with van der Waals surface area (Å²) < 4.78 is 45.0. The number of rotatable bonds is 7. The average Bonchev–Trinajstić information content (AvgIpc) is 3.34. The molecule has 0 aliphatic heterocycles. The Hall–Kier alpha value is -4.09. The van der Waals surface area contributed by atoms with E-state index in [1.54, 1.807) is 48.5 Å². The van der Waals surface area contributed by atoms with Crippen molar-refractivity contribution in [1.82, 2.24) is 19.8 Å². The van der Waals surface area contributed by atoms with Crippen LogP contribution in [0, 0.1) is 13.8 Å². The van der Waals surface area contributed by atoms with Gasteiger partial charge in [0.15, 0.2) is 17.1 Å². The van der Waals surface area contributed by atoms with E-state index in [1.165, 1.54) is 25.8 Å². The highest BCUT2D eigenvalue weighted by Crippen LogP contribution is 2.41. The highest BCUT2D eigenvalue weighted by molar-refractivity contribution is 7.91. The number of halogens is 1. The molecule has 38 heavy (non-hydrogen) atoms. The van der Waals surface area contributed by atoms with Crippen LogP contribution < -0.4 is 19.5 Å². The number of anilines is 2. The minimum absolute atomic E-state index is 0.0630. The molecule has 0 saturated carbocycles. The van der Waals surface area contributed by atoms with Gasteiger partial charge in [0, 0.05) is 28.2 Å². The lowest BCUT2D eigenvalue weighted by Gasteiger charge is -2.16. The Kier molecular flexibility index (Phi) is 6.49. The van der Waals surface area contributed by atoms with Crippen LogP contribution >= 0.6 is 11.6 Å². The van der Waals surface area contributed by atoms with Crippen LogP contribution in [0.15, 0.2) is 58.5 Å². The zero-order chi connectivity index (χ0) is 27.2. The third kappa shape index (κ3) is 4.23. The Balaban J connectivity index is 1.73. The van der Waals surface area contributed by atoms with Gasteiger partial charge in [-0.05, 0) is 55.3 Å². The van der Waals surface area contributed by atoms with Crippen molar-refractivity contribution in [3.05, 3.63) is 64.7 Å². The maximum atomic E-state index is 13.6. The van der Waals surface area contributed by atoms with Gasteiger partial charge in [0.2, 0.25) is 20.6 Å². The summed E-state index contributed by atoms with van der Waals surface area (Å²) in [6.45, 7) is 3.77. The Bertz CT molecular complexity index is 1800. The number of fused-ring (bicyclic) bond motifs is 3. The first-order valence-corrected chi connectivity index (χ1v) is 13.3. The van der Waals surface area contributed by atoms with Gasteiger partial charge in [-0.1, -0.05) is 22.9 Å². The summed E-state index contributed by atoms with van der Waals surface area (Å²) in [7, 11) is 0.523. The van der Waals surface area contributed by atoms with Gasteiger partial charge < -0.3 is 19.5 Å². The van der Waals surface area contributed by atoms with Gasteiger partial charge in [-0.2, -0.15) is 4.52 Å². The molecule has 2 aromatic heterocycles. The molecule has 12 heteroatoms. The predicted molar refractivity (Wildman–Crippen MR) is 144 cm³/mol. The lowest BCUT2D eigenvalue weighted by molar-refractivity contribution is 0.324. The lowest BCUT2D eigenvalue weighted by atomic mass is 10.1. The second kappa shape index (κ2) is 9.66. The summed E-state index contributed by atoms with van der Waals surface area (Å²) in [6.07, 6.45) is 0. The molecular weight excluding hydrogens is 530 g/mol. The molecule has 0 amide bonds. The summed E-state index contributed by atoms with van der Waals surface area (Å²) >= 11 is 6.31. The van der Waals surface area contributed by atoms with Crippen LogP contribution in [0.2, 0.25) is 5.02 Å². The first-order chi connectivity index (χ1) is 18.2. The van der Waals surface area contributed by atoms with Gasteiger partial charge in [0.25, 0.3) is 0 Å². The van der Waals surface area contributed by atoms with Crippen LogP contribution in [-0.2, 0) is 9.84 Å². The smallest absolute Gasteiger partial charge is 0.229 e. The molecule has 0 spiro atoms. The maximum Gasteiger partial charge on any atom is 0.229 e. The fourth-order valence-electron chi connectivity index (χ4n) is 4.12. The van der Waals surface area contributed by atoms with Crippen molar-refractivity contribution < 1.29 is 22.6 Å². The van der Waals surface area contributed by atoms with E-state index in [4.69, 9.17) is 25.8 Å². The van der Waals surface area contributed by atoms with Crippen molar-refractivity contribution in [2.24, 2.45) is 0 Å². The molecule has 0 unspecified atom stereocenters. The normalized spacial score (nSPS) is 11.6. The number of hydrogen-bond donors (Lipinski definition) is 1. The Morgan fingerprint density at radius 2 is 1.61 bits per heavy atom. The van der Waals surface area contributed by atoms with Crippen LogP contribution in [0.1, 0.15) is 11.1 Å². The molecule has 0 fully saturated rings. The van der Waals surface area contributed by atoms with E-state index < -0.39 is 9.84 Å². The van der Waals surface area contributed by atoms with Crippen molar-refractivity contribution in [3.63, 3.8) is 0 Å². The van der Waals surface area contributed by atoms with E-state index in [0.717, 1.165) is 11.1 Å². The number of nitrogens with zero attached hydrogens (tertiary/aromatic N) is 4. The molecule has 196 valence electrons. The number of methoxy groups -OCH3 is 3. The van der Waals surface area contributed by atoms with Crippen LogP contribution in [0.4, 0.5) is 11.5 Å². The molecule has 0 atom stereocenters. The first kappa shape index (κ1) is 25.6. The van der Waals surface area contributed by atoms with Gasteiger partial charge in [-0.25, -0.2) is 13.4 Å². The molecule has 5 aromatic rings. The van der Waals surface area contributed by atoms with Crippen molar-refractivity contribution in [1.29, 1.82) is 0 Å². The Morgan fingerprint density at radius 1 is 0.895 bits per heavy atom. The summed E-state index contributed by atoms with van der Waals surface area (Å²) in [5.74, 6) is 1.63. The first-order valence-electron chi connectivity index (χ1n) is 11.4. The van der Waals surface area contributed by atoms with Crippen LogP contribution in [0.25, 0.3) is 16.6 Å². The lowest BCUT2D eigenvalue weighted by Crippen LogP contribution is -2.06. The fourth-order valence-corrected chi connectivity index (χ4v) is 5.61. The van der Waals surface area contributed by atoms with Gasteiger partial charge in [-0.15, -0.1) is 5.10 Å². The number of aromatic nitrogens is 4. The summed E-state index contributed by atoms with van der Waals surface area (Å²) in [4.78, 5) is 4.77. The number of sulfone groups is 1. The predicted octanol–water partition coefficient (Wildman–Crippen LogP) is 5.15. The van der Waals surface area contributed by atoms with Crippen LogP contribution in [0.5, 0.6) is 17.2 Å². The molecular formula is C26H24ClN5O5S. The highest BCUT2D eigenvalue weighted by Gasteiger charge is 2.28. The van der Waals surface area contributed by atoms with E-state index >= 15 is 0 Å². The summed E-state index contributed by atoms with van der Waals surface area (Å²) in [5.41, 5.74) is 3.01. The summed E-state index contributed by atoms with van der Waals surface area (Å²) in [6, 6.07) is 13.5. The molecule has 3 aromatic carbocycles. The average molecular weight is 554 g/mol. The van der Waals surface area contributed by atoms with E-state index in [9.17, 15) is 8.42 Å². The zero-order valence-electron chi connectivity index (χ0n) is 21.2. The molecule has 0 radical (unpaired) electrons. The van der Waals surface area contributed by atoms with Gasteiger partial charge >= 0.3 is 0 Å². The third-order valence-electron chi connectivity index (χ3n) is 6.25. The Morgan fingerprint density at radius 3 is 2.24 bits per heavy atom. The zero-order valence-corrected chi connectivity index (χ0v) is 22.8. The van der Waals surface area contributed by atoms with Crippen molar-refractivity contribution >= 4 is 49.5 Å². The van der Waals surface area contributed by atoms with Crippen molar-refractivity contribution in [3.8, 4) is 17.2 Å². The standard InChI is InChI=1S/C26H24ClN5O5S/c1-14-6-8-18(10-15(14)2)38(33,34)26-25-29-24(19-11-16(27)7-9-20(19)32(25)31-30-26)28-17-12-21(35-3)23(37-5)22(13-17)36-4/h6-13H,1-5H3,(H,28,29). The fraction of sp³-hybridized carbons (Fsp3) is 0.192.